The van der Waals surface area contributed by atoms with Crippen molar-refractivity contribution in [3.05, 3.63) is 100 Å². The van der Waals surface area contributed by atoms with E-state index >= 15 is 0 Å². The Balaban J connectivity index is 1.39. The van der Waals surface area contributed by atoms with Gasteiger partial charge in [0.2, 0.25) is 0 Å². The van der Waals surface area contributed by atoms with Gasteiger partial charge in [-0.1, -0.05) is 81.5 Å². The Kier molecular flexibility index (Phi) is 8.07. The molecule has 4 aromatic rings. The van der Waals surface area contributed by atoms with Gasteiger partial charge in [0.15, 0.2) is 6.10 Å². The molecule has 2 heterocycles. The molecular weight excluding hydrogens is 478 g/mol. The Morgan fingerprint density at radius 2 is 1.58 bits per heavy atom. The molecule has 6 heteroatoms. The maximum atomic E-state index is 13.5. The highest BCUT2D eigenvalue weighted by molar-refractivity contribution is 5.97. The van der Waals surface area contributed by atoms with Crippen molar-refractivity contribution in [3.63, 3.8) is 0 Å². The number of amides is 1. The SMILES string of the molecule is CCCCCCCCOc1ccc([C@@H]2c3c(c4ccccc4oc3=O)O[C@H]2C(=O)Nc2ccccc2)cc1. The zero-order valence-electron chi connectivity index (χ0n) is 21.7. The van der Waals surface area contributed by atoms with Crippen molar-refractivity contribution < 1.29 is 18.7 Å². The van der Waals surface area contributed by atoms with Crippen molar-refractivity contribution in [2.45, 2.75) is 57.5 Å². The fourth-order valence-electron chi connectivity index (χ4n) is 5.00. The van der Waals surface area contributed by atoms with Crippen LogP contribution < -0.4 is 20.4 Å². The molecule has 0 unspecified atom stereocenters. The van der Waals surface area contributed by atoms with Crippen LogP contribution in [0.1, 0.15) is 62.5 Å². The summed E-state index contributed by atoms with van der Waals surface area (Å²) in [6.45, 7) is 2.88. The monoisotopic (exact) mass is 511 g/mol. The van der Waals surface area contributed by atoms with Crippen LogP contribution in [0, 0.1) is 0 Å². The van der Waals surface area contributed by atoms with Gasteiger partial charge in [0.05, 0.1) is 23.5 Å². The normalized spacial score (nSPS) is 16.1. The van der Waals surface area contributed by atoms with E-state index in [1.807, 2.05) is 66.7 Å². The van der Waals surface area contributed by atoms with Gasteiger partial charge in [0, 0.05) is 5.69 Å². The lowest BCUT2D eigenvalue weighted by atomic mass is 9.88. The first-order chi connectivity index (χ1) is 18.7. The van der Waals surface area contributed by atoms with Crippen LogP contribution in [0.4, 0.5) is 5.69 Å². The standard InChI is InChI=1S/C32H33NO5/c1-2-3-4-5-6-12-21-36-24-19-17-22(18-20-24)27-28-29(25-15-10-11-16-26(25)37-32(28)35)38-30(27)31(34)33-23-13-8-7-9-14-23/h7-11,13-20,27,30H,2-6,12,21H2,1H3,(H,33,34)/t27-,30-/m1/s1. The topological polar surface area (TPSA) is 77.8 Å². The summed E-state index contributed by atoms with van der Waals surface area (Å²) >= 11 is 0. The Hall–Kier alpha value is -4.06. The van der Waals surface area contributed by atoms with E-state index in [1.54, 1.807) is 12.1 Å². The number of rotatable bonds is 11. The number of hydrogen-bond donors (Lipinski definition) is 1. The van der Waals surface area contributed by atoms with Crippen LogP contribution in [0.25, 0.3) is 11.0 Å². The van der Waals surface area contributed by atoms with E-state index in [4.69, 9.17) is 13.9 Å². The molecule has 0 saturated heterocycles. The Morgan fingerprint density at radius 3 is 2.37 bits per heavy atom. The van der Waals surface area contributed by atoms with Crippen LogP contribution in [-0.2, 0) is 4.79 Å². The van der Waals surface area contributed by atoms with Gasteiger partial charge in [-0.25, -0.2) is 4.79 Å². The third-order valence-corrected chi connectivity index (χ3v) is 6.96. The zero-order valence-corrected chi connectivity index (χ0v) is 21.7. The van der Waals surface area contributed by atoms with Gasteiger partial charge in [-0.15, -0.1) is 0 Å². The first-order valence-corrected chi connectivity index (χ1v) is 13.5. The minimum atomic E-state index is -0.936. The number of nitrogens with one attached hydrogen (secondary N) is 1. The Labute approximate surface area is 222 Å². The van der Waals surface area contributed by atoms with Crippen molar-refractivity contribution in [1.29, 1.82) is 0 Å². The molecule has 196 valence electrons. The van der Waals surface area contributed by atoms with Crippen LogP contribution in [0.2, 0.25) is 0 Å². The molecule has 1 aromatic heterocycles. The molecule has 0 radical (unpaired) electrons. The van der Waals surface area contributed by atoms with Crippen LogP contribution in [0.3, 0.4) is 0 Å². The zero-order chi connectivity index (χ0) is 26.3. The molecule has 1 aliphatic heterocycles. The van der Waals surface area contributed by atoms with Gasteiger partial charge in [-0.2, -0.15) is 0 Å². The number of ether oxygens (including phenoxy) is 2. The first-order valence-electron chi connectivity index (χ1n) is 13.5. The molecule has 6 nitrogen and oxygen atoms in total. The first kappa shape index (κ1) is 25.6. The van der Waals surface area contributed by atoms with Crippen molar-refractivity contribution >= 4 is 22.6 Å². The van der Waals surface area contributed by atoms with Crippen LogP contribution in [-0.4, -0.2) is 18.6 Å². The minimum absolute atomic E-state index is 0.329. The average molecular weight is 512 g/mol. The maximum absolute atomic E-state index is 13.5. The predicted octanol–water partition coefficient (Wildman–Crippen LogP) is 7.06. The number of para-hydroxylation sites is 2. The smallest absolute Gasteiger partial charge is 0.344 e. The molecule has 1 N–H and O–H groups in total. The van der Waals surface area contributed by atoms with E-state index in [2.05, 4.69) is 12.2 Å². The van der Waals surface area contributed by atoms with Crippen LogP contribution >= 0.6 is 0 Å². The van der Waals surface area contributed by atoms with Crippen LogP contribution in [0.5, 0.6) is 11.5 Å². The second kappa shape index (κ2) is 12.0. The Bertz CT molecular complexity index is 1430. The molecule has 2 atom stereocenters. The van der Waals surface area contributed by atoms with E-state index in [0.717, 1.165) is 24.2 Å². The fraction of sp³-hybridized carbons (Fsp3) is 0.312. The van der Waals surface area contributed by atoms with E-state index in [9.17, 15) is 9.59 Å². The molecule has 5 rings (SSSR count). The largest absolute Gasteiger partial charge is 0.494 e. The molecule has 38 heavy (non-hydrogen) atoms. The molecule has 1 aliphatic rings. The molecule has 1 amide bonds. The third-order valence-electron chi connectivity index (χ3n) is 6.96. The van der Waals surface area contributed by atoms with Gasteiger partial charge in [0.25, 0.3) is 5.91 Å². The molecule has 0 bridgehead atoms. The molecule has 0 fully saturated rings. The van der Waals surface area contributed by atoms with Crippen LogP contribution in [0.15, 0.2) is 88.1 Å². The van der Waals surface area contributed by atoms with Gasteiger partial charge in [-0.05, 0) is 48.4 Å². The third kappa shape index (κ3) is 5.59. The summed E-state index contributed by atoms with van der Waals surface area (Å²) in [7, 11) is 0. The fourth-order valence-corrected chi connectivity index (χ4v) is 5.00. The van der Waals surface area contributed by atoms with Gasteiger partial charge in [0.1, 0.15) is 17.1 Å². The Morgan fingerprint density at radius 1 is 0.868 bits per heavy atom. The highest BCUT2D eigenvalue weighted by Crippen LogP contribution is 2.44. The molecular formula is C32H33NO5. The maximum Gasteiger partial charge on any atom is 0.344 e. The van der Waals surface area contributed by atoms with E-state index in [-0.39, 0.29) is 5.91 Å². The summed E-state index contributed by atoms with van der Waals surface area (Å²) in [5, 5.41) is 3.60. The predicted molar refractivity (Wildman–Crippen MR) is 149 cm³/mol. The summed E-state index contributed by atoms with van der Waals surface area (Å²) < 4.78 is 17.8. The minimum Gasteiger partial charge on any atom is -0.494 e. The second-order valence-corrected chi connectivity index (χ2v) is 9.69. The average Bonchev–Trinajstić information content (AvgIpc) is 3.35. The summed E-state index contributed by atoms with van der Waals surface area (Å²) in [6, 6.07) is 24.0. The van der Waals surface area contributed by atoms with Gasteiger partial charge >= 0.3 is 5.63 Å². The van der Waals surface area contributed by atoms with Crippen molar-refractivity contribution in [2.24, 2.45) is 0 Å². The highest BCUT2D eigenvalue weighted by Gasteiger charge is 2.44. The quantitative estimate of drug-likeness (QED) is 0.172. The van der Waals surface area contributed by atoms with Crippen molar-refractivity contribution in [3.8, 4) is 11.5 Å². The van der Waals surface area contributed by atoms with E-state index in [1.165, 1.54) is 25.7 Å². The number of fused-ring (bicyclic) bond motifs is 3. The lowest BCUT2D eigenvalue weighted by molar-refractivity contribution is -0.122. The number of carbonyl (C=O) groups is 1. The second-order valence-electron chi connectivity index (χ2n) is 9.69. The number of benzene rings is 3. The number of carbonyl (C=O) groups excluding carboxylic acids is 1. The highest BCUT2D eigenvalue weighted by atomic mass is 16.5. The summed E-state index contributed by atoms with van der Waals surface area (Å²) in [6.07, 6.45) is 6.29. The number of anilines is 1. The molecule has 0 aliphatic carbocycles. The summed E-state index contributed by atoms with van der Waals surface area (Å²) in [5.74, 6) is 0.210. The summed E-state index contributed by atoms with van der Waals surface area (Å²) in [5.41, 5.74) is 1.73. The molecule has 0 saturated carbocycles. The van der Waals surface area contributed by atoms with Gasteiger partial charge in [-0.3, -0.25) is 4.79 Å². The number of hydrogen-bond acceptors (Lipinski definition) is 5. The summed E-state index contributed by atoms with van der Waals surface area (Å²) in [4.78, 5) is 26.6. The van der Waals surface area contributed by atoms with Gasteiger partial charge < -0.3 is 19.2 Å². The van der Waals surface area contributed by atoms with E-state index < -0.39 is 17.6 Å². The molecule has 3 aromatic carbocycles. The van der Waals surface area contributed by atoms with Crippen molar-refractivity contribution in [1.82, 2.24) is 0 Å². The van der Waals surface area contributed by atoms with Crippen molar-refractivity contribution in [2.75, 3.05) is 11.9 Å². The lowest BCUT2D eigenvalue weighted by Gasteiger charge is -2.19. The molecule has 0 spiro atoms. The van der Waals surface area contributed by atoms with E-state index in [0.29, 0.717) is 34.6 Å². The number of unbranched alkanes of at least 4 members (excludes halogenated alkanes) is 5. The lowest BCUT2D eigenvalue weighted by Crippen LogP contribution is -2.35.